The number of ether oxygens (including phenoxy) is 2. The number of carbonyl (C=O) groups excluding carboxylic acids is 2. The van der Waals surface area contributed by atoms with Gasteiger partial charge < -0.3 is 9.47 Å². The van der Waals surface area contributed by atoms with Crippen molar-refractivity contribution in [1.82, 2.24) is 5.43 Å². The molecule has 1 heterocycles. The van der Waals surface area contributed by atoms with E-state index in [4.69, 9.17) is 32.7 Å². The molecule has 0 bridgehead atoms. The van der Waals surface area contributed by atoms with Crippen LogP contribution in [0.4, 0.5) is 5.69 Å². The monoisotopic (exact) mass is 468 g/mol. The Hall–Kier alpha value is -3.48. The van der Waals surface area contributed by atoms with E-state index >= 15 is 0 Å². The third-order valence-electron chi connectivity index (χ3n) is 4.80. The molecule has 0 aliphatic carbocycles. The summed E-state index contributed by atoms with van der Waals surface area (Å²) >= 11 is 12.6. The lowest BCUT2D eigenvalue weighted by atomic mass is 10.1. The highest BCUT2D eigenvalue weighted by Crippen LogP contribution is 2.38. The average molecular weight is 469 g/mol. The van der Waals surface area contributed by atoms with Gasteiger partial charge in [-0.05, 0) is 42.0 Å². The van der Waals surface area contributed by atoms with E-state index in [1.54, 1.807) is 42.5 Å². The van der Waals surface area contributed by atoms with E-state index in [-0.39, 0.29) is 17.2 Å². The summed E-state index contributed by atoms with van der Waals surface area (Å²) in [4.78, 5) is 25.2. The van der Waals surface area contributed by atoms with Crippen molar-refractivity contribution in [3.8, 4) is 11.5 Å². The van der Waals surface area contributed by atoms with Gasteiger partial charge in [0.1, 0.15) is 12.2 Å². The van der Waals surface area contributed by atoms with E-state index in [0.717, 1.165) is 5.56 Å². The van der Waals surface area contributed by atoms with Crippen LogP contribution >= 0.6 is 23.2 Å². The van der Waals surface area contributed by atoms with Crippen LogP contribution in [0.5, 0.6) is 11.5 Å². The number of benzene rings is 3. The van der Waals surface area contributed by atoms with Crippen molar-refractivity contribution in [3.05, 3.63) is 93.5 Å². The van der Waals surface area contributed by atoms with E-state index in [9.17, 15) is 9.59 Å². The van der Waals surface area contributed by atoms with E-state index in [0.29, 0.717) is 27.8 Å². The lowest BCUT2D eigenvalue weighted by Gasteiger charge is -2.14. The van der Waals surface area contributed by atoms with Crippen molar-refractivity contribution in [2.45, 2.75) is 6.61 Å². The predicted octanol–water partition coefficient (Wildman–Crippen LogP) is 5.04. The highest BCUT2D eigenvalue weighted by molar-refractivity contribution is 6.33. The highest BCUT2D eigenvalue weighted by Gasteiger charge is 2.34. The fourth-order valence-electron chi connectivity index (χ4n) is 3.21. The number of nitrogens with one attached hydrogen (secondary N) is 1. The number of hydrogen-bond donors (Lipinski definition) is 1. The minimum Gasteiger partial charge on any atom is -0.493 e. The Balaban J connectivity index is 1.60. The fraction of sp³-hybridized carbons (Fsp3) is 0.0833. The van der Waals surface area contributed by atoms with E-state index in [2.05, 4.69) is 5.43 Å². The molecule has 0 saturated carbocycles. The highest BCUT2D eigenvalue weighted by atomic mass is 35.5. The molecule has 1 aliphatic heterocycles. The van der Waals surface area contributed by atoms with Crippen molar-refractivity contribution in [1.29, 1.82) is 0 Å². The quantitative estimate of drug-likeness (QED) is 0.406. The molecule has 4 rings (SSSR count). The van der Waals surface area contributed by atoms with Gasteiger partial charge in [0.15, 0.2) is 11.5 Å². The first kappa shape index (κ1) is 21.7. The smallest absolute Gasteiger partial charge is 0.282 e. The van der Waals surface area contributed by atoms with Crippen LogP contribution in [0.15, 0.2) is 72.3 Å². The van der Waals surface area contributed by atoms with Crippen molar-refractivity contribution >= 4 is 46.8 Å². The van der Waals surface area contributed by atoms with Crippen LogP contribution in [0.25, 0.3) is 6.08 Å². The molecule has 1 saturated heterocycles. The van der Waals surface area contributed by atoms with E-state index in [1.807, 2.05) is 24.3 Å². The Morgan fingerprint density at radius 2 is 1.69 bits per heavy atom. The zero-order chi connectivity index (χ0) is 22.7. The molecule has 8 heteroatoms. The Labute approximate surface area is 194 Å². The summed E-state index contributed by atoms with van der Waals surface area (Å²) in [5.74, 6) is -0.269. The zero-order valence-corrected chi connectivity index (χ0v) is 18.5. The Morgan fingerprint density at radius 3 is 2.41 bits per heavy atom. The van der Waals surface area contributed by atoms with Gasteiger partial charge in [0.2, 0.25) is 0 Å². The minimum atomic E-state index is -0.506. The molecule has 32 heavy (non-hydrogen) atoms. The molecule has 2 amide bonds. The van der Waals surface area contributed by atoms with Gasteiger partial charge in [-0.15, -0.1) is 0 Å². The molecule has 0 spiro atoms. The maximum absolute atomic E-state index is 12.8. The van der Waals surface area contributed by atoms with Crippen LogP contribution in [0, 0.1) is 0 Å². The van der Waals surface area contributed by atoms with Gasteiger partial charge >= 0.3 is 0 Å². The van der Waals surface area contributed by atoms with Gasteiger partial charge in [0.25, 0.3) is 11.8 Å². The molecule has 3 aromatic carbocycles. The van der Waals surface area contributed by atoms with Crippen LogP contribution in [0.3, 0.4) is 0 Å². The largest absolute Gasteiger partial charge is 0.493 e. The number of hydrogen-bond acceptors (Lipinski definition) is 4. The predicted molar refractivity (Wildman–Crippen MR) is 124 cm³/mol. The number of amides is 2. The second-order valence-corrected chi connectivity index (χ2v) is 7.70. The molecule has 3 aromatic rings. The van der Waals surface area contributed by atoms with Crippen molar-refractivity contribution in [3.63, 3.8) is 0 Å². The molecule has 6 nitrogen and oxygen atoms in total. The molecule has 1 N–H and O–H groups in total. The number of hydrazine groups is 1. The second kappa shape index (κ2) is 9.34. The Bertz CT molecular complexity index is 1210. The third kappa shape index (κ3) is 4.42. The summed E-state index contributed by atoms with van der Waals surface area (Å²) in [6, 6.07) is 19.4. The first-order chi connectivity index (χ1) is 15.5. The third-order valence-corrected chi connectivity index (χ3v) is 5.45. The van der Waals surface area contributed by atoms with Gasteiger partial charge in [-0.25, -0.2) is 5.01 Å². The molecule has 1 aliphatic rings. The SMILES string of the molecule is COc1cc(/C=C2\C(=O)NN(c3ccccc3)C2=O)cc(Cl)c1OCc1ccccc1Cl. The number of para-hydroxylation sites is 1. The summed E-state index contributed by atoms with van der Waals surface area (Å²) in [5, 5.41) is 2.06. The number of nitrogens with zero attached hydrogens (tertiary/aromatic N) is 1. The Morgan fingerprint density at radius 1 is 0.969 bits per heavy atom. The molecule has 1 fully saturated rings. The zero-order valence-electron chi connectivity index (χ0n) is 17.0. The van der Waals surface area contributed by atoms with Crippen LogP contribution in [0.2, 0.25) is 10.0 Å². The van der Waals surface area contributed by atoms with Crippen molar-refractivity contribution in [2.24, 2.45) is 0 Å². The van der Waals surface area contributed by atoms with Gasteiger partial charge in [0.05, 0.1) is 17.8 Å². The van der Waals surface area contributed by atoms with Crippen LogP contribution in [-0.2, 0) is 16.2 Å². The second-order valence-electron chi connectivity index (χ2n) is 6.89. The maximum atomic E-state index is 12.8. The molecule has 0 radical (unpaired) electrons. The number of halogens is 2. The van der Waals surface area contributed by atoms with Crippen LogP contribution in [-0.4, -0.2) is 18.9 Å². The van der Waals surface area contributed by atoms with Gasteiger partial charge in [-0.3, -0.25) is 15.0 Å². The molecular weight excluding hydrogens is 451 g/mol. The molecule has 0 unspecified atom stereocenters. The lowest BCUT2D eigenvalue weighted by molar-refractivity contribution is -0.117. The topological polar surface area (TPSA) is 67.9 Å². The van der Waals surface area contributed by atoms with E-state index < -0.39 is 11.8 Å². The summed E-state index contributed by atoms with van der Waals surface area (Å²) in [7, 11) is 1.48. The normalized spacial score (nSPS) is 14.6. The molecule has 0 atom stereocenters. The minimum absolute atomic E-state index is 0.0169. The van der Waals surface area contributed by atoms with Gasteiger partial charge in [0, 0.05) is 10.6 Å². The summed E-state index contributed by atoms with van der Waals surface area (Å²) in [6.45, 7) is 0.198. The van der Waals surface area contributed by atoms with Crippen LogP contribution in [0.1, 0.15) is 11.1 Å². The average Bonchev–Trinajstić information content (AvgIpc) is 3.08. The van der Waals surface area contributed by atoms with Gasteiger partial charge in [-0.1, -0.05) is 59.6 Å². The summed E-state index contributed by atoms with van der Waals surface area (Å²) in [6.07, 6.45) is 1.47. The number of carbonyl (C=O) groups is 2. The lowest BCUT2D eigenvalue weighted by Crippen LogP contribution is -2.35. The standard InChI is InChI=1S/C24H18Cl2N2O4/c1-31-21-13-15(12-20(26)22(21)32-14-16-7-5-6-10-19(16)25)11-18-23(29)27-28(24(18)30)17-8-3-2-4-9-17/h2-13H,14H2,1H3,(H,27,29)/b18-11+. The Kier molecular flexibility index (Phi) is 6.35. The van der Waals surface area contributed by atoms with Gasteiger partial charge in [-0.2, -0.15) is 0 Å². The molecule has 162 valence electrons. The van der Waals surface area contributed by atoms with Crippen molar-refractivity contribution < 1.29 is 19.1 Å². The van der Waals surface area contributed by atoms with Crippen LogP contribution < -0.4 is 19.9 Å². The summed E-state index contributed by atoms with van der Waals surface area (Å²) < 4.78 is 11.3. The number of anilines is 1. The maximum Gasteiger partial charge on any atom is 0.282 e. The number of methoxy groups -OCH3 is 1. The molecule has 0 aromatic heterocycles. The fourth-order valence-corrected chi connectivity index (χ4v) is 3.68. The van der Waals surface area contributed by atoms with E-state index in [1.165, 1.54) is 18.2 Å². The molecular formula is C24H18Cl2N2O4. The first-order valence-corrected chi connectivity index (χ1v) is 10.4. The van der Waals surface area contributed by atoms with Crippen molar-refractivity contribution in [2.75, 3.05) is 12.1 Å². The summed E-state index contributed by atoms with van der Waals surface area (Å²) in [5.41, 5.74) is 4.43. The number of rotatable bonds is 6. The first-order valence-electron chi connectivity index (χ1n) is 9.64.